The molecule has 1 N–H and O–H groups in total. The van der Waals surface area contributed by atoms with E-state index in [9.17, 15) is 9.90 Å². The van der Waals surface area contributed by atoms with Gasteiger partial charge in [0, 0.05) is 18.7 Å². The summed E-state index contributed by atoms with van der Waals surface area (Å²) in [7, 11) is 0. The first kappa shape index (κ1) is 13.7. The molecule has 1 aromatic rings. The Kier molecular flexibility index (Phi) is 4.29. The minimum Gasteiger partial charge on any atom is -0.389 e. The molecule has 0 aliphatic rings. The van der Waals surface area contributed by atoms with Crippen molar-refractivity contribution in [1.82, 2.24) is 4.90 Å². The first-order valence-corrected chi connectivity index (χ1v) is 5.92. The van der Waals surface area contributed by atoms with Gasteiger partial charge in [0.05, 0.1) is 5.60 Å². The number of rotatable bonds is 4. The summed E-state index contributed by atoms with van der Waals surface area (Å²) in [5.41, 5.74) is 0.805. The van der Waals surface area contributed by atoms with Gasteiger partial charge in [-0.1, -0.05) is 18.2 Å². The monoisotopic (exact) mass is 235 g/mol. The first-order valence-electron chi connectivity index (χ1n) is 5.92. The average Bonchev–Trinajstić information content (AvgIpc) is 2.24. The van der Waals surface area contributed by atoms with E-state index in [1.807, 2.05) is 38.1 Å². The molecule has 0 atom stereocenters. The van der Waals surface area contributed by atoms with Crippen LogP contribution in [0.25, 0.3) is 0 Å². The number of aryl methyl sites for hydroxylation is 1. The zero-order valence-corrected chi connectivity index (χ0v) is 11.0. The minimum absolute atomic E-state index is 0.0206. The van der Waals surface area contributed by atoms with Crippen LogP contribution in [-0.2, 0) is 0 Å². The lowest BCUT2D eigenvalue weighted by Gasteiger charge is -2.28. The summed E-state index contributed by atoms with van der Waals surface area (Å²) in [4.78, 5) is 14.0. The van der Waals surface area contributed by atoms with E-state index in [0.717, 1.165) is 5.56 Å². The quantitative estimate of drug-likeness (QED) is 0.869. The van der Waals surface area contributed by atoms with Gasteiger partial charge in [0.25, 0.3) is 5.91 Å². The maximum Gasteiger partial charge on any atom is 0.254 e. The third-order valence-corrected chi connectivity index (χ3v) is 2.62. The molecule has 3 heteroatoms. The Hall–Kier alpha value is -1.35. The molecule has 17 heavy (non-hydrogen) atoms. The molecule has 0 bridgehead atoms. The molecular formula is C14H21NO2. The number of aliphatic hydroxyl groups is 1. The molecule has 0 saturated carbocycles. The van der Waals surface area contributed by atoms with Crippen molar-refractivity contribution >= 4 is 5.91 Å². The largest absolute Gasteiger partial charge is 0.389 e. The van der Waals surface area contributed by atoms with Crippen LogP contribution in [0.4, 0.5) is 0 Å². The van der Waals surface area contributed by atoms with Crippen LogP contribution in [0.2, 0.25) is 0 Å². The Labute approximate surface area is 103 Å². The molecule has 0 spiro atoms. The van der Waals surface area contributed by atoms with Gasteiger partial charge in [0.2, 0.25) is 0 Å². The predicted molar refractivity (Wildman–Crippen MR) is 69.1 cm³/mol. The lowest BCUT2D eigenvalue weighted by Crippen LogP contribution is -2.42. The van der Waals surface area contributed by atoms with Crippen molar-refractivity contribution in [2.24, 2.45) is 0 Å². The van der Waals surface area contributed by atoms with E-state index < -0.39 is 5.60 Å². The van der Waals surface area contributed by atoms with Crippen LogP contribution in [0, 0.1) is 6.92 Å². The molecule has 0 saturated heterocycles. The third kappa shape index (κ3) is 3.86. The number of benzene rings is 1. The van der Waals surface area contributed by atoms with E-state index in [4.69, 9.17) is 0 Å². The zero-order valence-electron chi connectivity index (χ0n) is 11.0. The standard InChI is InChI=1S/C14H21NO2/c1-5-15(10-14(3,4)17)13(16)12-9-7-6-8-11(12)2/h6-9,17H,5,10H2,1-4H3. The highest BCUT2D eigenvalue weighted by atomic mass is 16.3. The van der Waals surface area contributed by atoms with Crippen LogP contribution < -0.4 is 0 Å². The van der Waals surface area contributed by atoms with E-state index in [1.165, 1.54) is 0 Å². The molecule has 1 aromatic carbocycles. The van der Waals surface area contributed by atoms with Crippen LogP contribution in [-0.4, -0.2) is 34.6 Å². The maximum absolute atomic E-state index is 12.3. The molecule has 1 amide bonds. The number of amides is 1. The Morgan fingerprint density at radius 1 is 1.35 bits per heavy atom. The van der Waals surface area contributed by atoms with Gasteiger partial charge in [0.1, 0.15) is 0 Å². The fraction of sp³-hybridized carbons (Fsp3) is 0.500. The van der Waals surface area contributed by atoms with Crippen molar-refractivity contribution in [3.8, 4) is 0 Å². The summed E-state index contributed by atoms with van der Waals surface area (Å²) in [6.45, 7) is 8.20. The highest BCUT2D eigenvalue weighted by molar-refractivity contribution is 5.95. The van der Waals surface area contributed by atoms with E-state index in [0.29, 0.717) is 18.7 Å². The molecule has 0 aliphatic carbocycles. The van der Waals surface area contributed by atoms with Gasteiger partial charge in [-0.05, 0) is 39.3 Å². The van der Waals surface area contributed by atoms with Crippen molar-refractivity contribution in [3.05, 3.63) is 35.4 Å². The lowest BCUT2D eigenvalue weighted by atomic mass is 10.1. The molecular weight excluding hydrogens is 214 g/mol. The van der Waals surface area contributed by atoms with Crippen molar-refractivity contribution in [1.29, 1.82) is 0 Å². The summed E-state index contributed by atoms with van der Waals surface area (Å²) in [6, 6.07) is 7.52. The summed E-state index contributed by atoms with van der Waals surface area (Å²) in [5, 5.41) is 9.79. The van der Waals surface area contributed by atoms with Crippen molar-refractivity contribution in [2.75, 3.05) is 13.1 Å². The third-order valence-electron chi connectivity index (χ3n) is 2.62. The molecule has 0 radical (unpaired) electrons. The van der Waals surface area contributed by atoms with Gasteiger partial charge >= 0.3 is 0 Å². The summed E-state index contributed by atoms with van der Waals surface area (Å²) in [6.07, 6.45) is 0. The van der Waals surface area contributed by atoms with Crippen LogP contribution in [0.5, 0.6) is 0 Å². The minimum atomic E-state index is -0.867. The predicted octanol–water partition coefficient (Wildman–Crippen LogP) is 2.23. The smallest absolute Gasteiger partial charge is 0.254 e. The molecule has 0 aliphatic heterocycles. The van der Waals surface area contributed by atoms with Gasteiger partial charge in [-0.15, -0.1) is 0 Å². The average molecular weight is 235 g/mol. The second kappa shape index (κ2) is 5.32. The number of hydrogen-bond acceptors (Lipinski definition) is 2. The van der Waals surface area contributed by atoms with Gasteiger partial charge in [-0.3, -0.25) is 4.79 Å². The highest BCUT2D eigenvalue weighted by Crippen LogP contribution is 2.13. The van der Waals surface area contributed by atoms with Gasteiger partial charge < -0.3 is 10.0 Å². The normalized spacial score (nSPS) is 11.4. The number of nitrogens with zero attached hydrogens (tertiary/aromatic N) is 1. The van der Waals surface area contributed by atoms with E-state index in [2.05, 4.69) is 0 Å². The summed E-state index contributed by atoms with van der Waals surface area (Å²) in [5.74, 6) is -0.0206. The summed E-state index contributed by atoms with van der Waals surface area (Å²) >= 11 is 0. The Morgan fingerprint density at radius 3 is 2.41 bits per heavy atom. The van der Waals surface area contributed by atoms with Gasteiger partial charge in [-0.2, -0.15) is 0 Å². The first-order chi connectivity index (χ1) is 7.85. The van der Waals surface area contributed by atoms with Crippen LogP contribution >= 0.6 is 0 Å². The fourth-order valence-electron chi connectivity index (χ4n) is 1.78. The van der Waals surface area contributed by atoms with Gasteiger partial charge in [-0.25, -0.2) is 0 Å². The van der Waals surface area contributed by atoms with Crippen molar-refractivity contribution in [2.45, 2.75) is 33.3 Å². The number of carbonyl (C=O) groups excluding carboxylic acids is 1. The molecule has 0 aromatic heterocycles. The Bertz CT molecular complexity index is 393. The molecule has 94 valence electrons. The van der Waals surface area contributed by atoms with Crippen molar-refractivity contribution in [3.63, 3.8) is 0 Å². The molecule has 3 nitrogen and oxygen atoms in total. The number of hydrogen-bond donors (Lipinski definition) is 1. The second-order valence-corrected chi connectivity index (χ2v) is 4.95. The molecule has 1 rings (SSSR count). The Morgan fingerprint density at radius 2 is 1.94 bits per heavy atom. The van der Waals surface area contributed by atoms with Crippen LogP contribution in [0.3, 0.4) is 0 Å². The lowest BCUT2D eigenvalue weighted by molar-refractivity contribution is 0.0314. The molecule has 0 fully saturated rings. The molecule has 0 unspecified atom stereocenters. The maximum atomic E-state index is 12.3. The summed E-state index contributed by atoms with van der Waals surface area (Å²) < 4.78 is 0. The van der Waals surface area contributed by atoms with E-state index >= 15 is 0 Å². The van der Waals surface area contributed by atoms with Crippen LogP contribution in [0.1, 0.15) is 36.7 Å². The van der Waals surface area contributed by atoms with Crippen molar-refractivity contribution < 1.29 is 9.90 Å². The number of likely N-dealkylation sites (N-methyl/N-ethyl adjacent to an activating group) is 1. The van der Waals surface area contributed by atoms with E-state index in [1.54, 1.807) is 18.7 Å². The number of carbonyl (C=O) groups is 1. The van der Waals surface area contributed by atoms with Crippen LogP contribution in [0.15, 0.2) is 24.3 Å². The topological polar surface area (TPSA) is 40.5 Å². The second-order valence-electron chi connectivity index (χ2n) is 4.95. The Balaban J connectivity index is 2.91. The van der Waals surface area contributed by atoms with Gasteiger partial charge in [0.15, 0.2) is 0 Å². The highest BCUT2D eigenvalue weighted by Gasteiger charge is 2.22. The SMILES string of the molecule is CCN(CC(C)(C)O)C(=O)c1ccccc1C. The molecule has 0 heterocycles. The zero-order chi connectivity index (χ0) is 13.1. The fourth-order valence-corrected chi connectivity index (χ4v) is 1.78. The van der Waals surface area contributed by atoms with E-state index in [-0.39, 0.29) is 5.91 Å².